The van der Waals surface area contributed by atoms with Crippen molar-refractivity contribution in [3.63, 3.8) is 0 Å². The zero-order chi connectivity index (χ0) is 22.0. The number of hydrogen-bond acceptors (Lipinski definition) is 5. The first kappa shape index (κ1) is 21.0. The van der Waals surface area contributed by atoms with Gasteiger partial charge in [-0.3, -0.25) is 9.59 Å². The molecule has 2 aliphatic rings. The molecule has 0 bridgehead atoms. The van der Waals surface area contributed by atoms with Crippen molar-refractivity contribution < 1.29 is 23.8 Å². The van der Waals surface area contributed by atoms with Crippen LogP contribution in [0.15, 0.2) is 30.3 Å². The molecule has 1 unspecified atom stereocenters. The molecule has 31 heavy (non-hydrogen) atoms. The highest BCUT2D eigenvalue weighted by atomic mass is 16.5. The number of aryl methyl sites for hydroxylation is 2. The average Bonchev–Trinajstić information content (AvgIpc) is 3.42. The number of anilines is 1. The number of carbonyl (C=O) groups excluding carboxylic acids is 2. The molecule has 1 aliphatic carbocycles. The number of carbonyl (C=O) groups is 2. The minimum atomic E-state index is -0.372. The lowest BCUT2D eigenvalue weighted by Crippen LogP contribution is -2.32. The van der Waals surface area contributed by atoms with Crippen molar-refractivity contribution in [1.29, 1.82) is 0 Å². The van der Waals surface area contributed by atoms with Crippen molar-refractivity contribution in [3.8, 4) is 17.2 Å². The molecule has 164 valence electrons. The molecule has 4 rings (SSSR count). The number of nitrogens with one attached hydrogen (secondary N) is 1. The van der Waals surface area contributed by atoms with Crippen molar-refractivity contribution >= 4 is 17.5 Å². The van der Waals surface area contributed by atoms with Crippen LogP contribution in [0.3, 0.4) is 0 Å². The van der Waals surface area contributed by atoms with E-state index in [0.717, 1.165) is 24.1 Å². The van der Waals surface area contributed by atoms with Crippen LogP contribution in [0.25, 0.3) is 0 Å². The van der Waals surface area contributed by atoms with Crippen LogP contribution < -0.4 is 24.4 Å². The highest BCUT2D eigenvalue weighted by molar-refractivity contribution is 6.00. The van der Waals surface area contributed by atoms with Gasteiger partial charge in [-0.15, -0.1) is 0 Å². The lowest BCUT2D eigenvalue weighted by Gasteiger charge is -2.18. The number of ether oxygens (including phenoxy) is 3. The van der Waals surface area contributed by atoms with Crippen molar-refractivity contribution in [3.05, 3.63) is 47.0 Å². The van der Waals surface area contributed by atoms with Crippen LogP contribution in [-0.4, -0.2) is 39.7 Å². The zero-order valence-electron chi connectivity index (χ0n) is 18.2. The molecular weight excluding hydrogens is 396 g/mol. The van der Waals surface area contributed by atoms with Gasteiger partial charge in [0.15, 0.2) is 11.5 Å². The van der Waals surface area contributed by atoms with Crippen LogP contribution in [0.1, 0.15) is 29.5 Å². The number of fused-ring (bicyclic) bond motifs is 1. The first-order valence-electron chi connectivity index (χ1n) is 10.5. The van der Waals surface area contributed by atoms with Crippen molar-refractivity contribution in [2.24, 2.45) is 5.92 Å². The van der Waals surface area contributed by atoms with E-state index in [2.05, 4.69) is 17.4 Å². The van der Waals surface area contributed by atoms with Crippen molar-refractivity contribution in [2.45, 2.75) is 32.2 Å². The molecular formula is C24H28N2O5. The summed E-state index contributed by atoms with van der Waals surface area (Å²) in [5, 5.41) is 2.95. The maximum Gasteiger partial charge on any atom is 0.227 e. The summed E-state index contributed by atoms with van der Waals surface area (Å²) in [6, 6.07) is 9.83. The molecule has 0 aromatic heterocycles. The summed E-state index contributed by atoms with van der Waals surface area (Å²) in [4.78, 5) is 27.1. The molecule has 1 atom stereocenters. The Morgan fingerprint density at radius 3 is 2.42 bits per heavy atom. The van der Waals surface area contributed by atoms with Crippen molar-refractivity contribution in [1.82, 2.24) is 5.32 Å². The molecule has 2 aromatic carbocycles. The predicted octanol–water partition coefficient (Wildman–Crippen LogP) is 2.87. The van der Waals surface area contributed by atoms with Crippen LogP contribution in [0, 0.1) is 5.92 Å². The van der Waals surface area contributed by atoms with Crippen molar-refractivity contribution in [2.75, 3.05) is 32.8 Å². The zero-order valence-corrected chi connectivity index (χ0v) is 18.2. The Labute approximate surface area is 182 Å². The quantitative estimate of drug-likeness (QED) is 0.740. The first-order chi connectivity index (χ1) is 15.0. The summed E-state index contributed by atoms with van der Waals surface area (Å²) in [5.74, 6) is 1.06. The summed E-state index contributed by atoms with van der Waals surface area (Å²) in [7, 11) is 4.65. The maximum absolute atomic E-state index is 12.8. The number of hydrogen-bond donors (Lipinski definition) is 1. The smallest absolute Gasteiger partial charge is 0.227 e. The highest BCUT2D eigenvalue weighted by Gasteiger charge is 2.35. The second-order valence-electron chi connectivity index (χ2n) is 7.96. The van der Waals surface area contributed by atoms with Crippen LogP contribution >= 0.6 is 0 Å². The Balaban J connectivity index is 1.41. The van der Waals surface area contributed by atoms with E-state index in [4.69, 9.17) is 14.2 Å². The summed E-state index contributed by atoms with van der Waals surface area (Å²) < 4.78 is 16.1. The third-order valence-electron chi connectivity index (χ3n) is 6.08. The molecule has 1 heterocycles. The highest BCUT2D eigenvalue weighted by Crippen LogP contribution is 2.38. The molecule has 0 radical (unpaired) electrons. The topological polar surface area (TPSA) is 77.1 Å². The molecule has 0 spiro atoms. The normalized spacial score (nSPS) is 17.5. The Kier molecular flexibility index (Phi) is 6.02. The summed E-state index contributed by atoms with van der Waals surface area (Å²) in [6.45, 7) is 0.706. The maximum atomic E-state index is 12.8. The fraction of sp³-hybridized carbons (Fsp3) is 0.417. The minimum Gasteiger partial charge on any atom is -0.493 e. The largest absolute Gasteiger partial charge is 0.493 e. The molecule has 1 aliphatic heterocycles. The number of rotatable bonds is 7. The van der Waals surface area contributed by atoms with Gasteiger partial charge in [-0.25, -0.2) is 0 Å². The number of benzene rings is 2. The van der Waals surface area contributed by atoms with E-state index in [9.17, 15) is 9.59 Å². The summed E-state index contributed by atoms with van der Waals surface area (Å²) in [5.41, 5.74) is 4.41. The molecule has 1 N–H and O–H groups in total. The number of methoxy groups -OCH3 is 3. The van der Waals surface area contributed by atoms with E-state index in [1.807, 2.05) is 6.07 Å². The third-order valence-corrected chi connectivity index (χ3v) is 6.08. The first-order valence-corrected chi connectivity index (χ1v) is 10.5. The van der Waals surface area contributed by atoms with Gasteiger partial charge < -0.3 is 24.4 Å². The van der Waals surface area contributed by atoms with Crippen LogP contribution in [0.5, 0.6) is 17.2 Å². The Bertz CT molecular complexity index is 978. The Hall–Kier alpha value is -3.22. The van der Waals surface area contributed by atoms with Gasteiger partial charge in [0.05, 0.1) is 27.2 Å². The van der Waals surface area contributed by atoms with Gasteiger partial charge in [-0.05, 0) is 60.2 Å². The fourth-order valence-corrected chi connectivity index (χ4v) is 4.43. The number of amides is 2. The second-order valence-corrected chi connectivity index (χ2v) is 7.96. The lowest BCUT2D eigenvalue weighted by molar-refractivity contribution is -0.126. The monoisotopic (exact) mass is 424 g/mol. The molecule has 0 saturated carbocycles. The van der Waals surface area contributed by atoms with E-state index in [1.54, 1.807) is 38.4 Å². The van der Waals surface area contributed by atoms with Gasteiger partial charge in [0.1, 0.15) is 0 Å². The van der Waals surface area contributed by atoms with Crippen LogP contribution in [-0.2, 0) is 29.0 Å². The average molecular weight is 424 g/mol. The van der Waals surface area contributed by atoms with E-state index in [0.29, 0.717) is 30.3 Å². The van der Waals surface area contributed by atoms with E-state index < -0.39 is 0 Å². The van der Waals surface area contributed by atoms with Gasteiger partial charge in [0.2, 0.25) is 17.6 Å². The van der Waals surface area contributed by atoms with Gasteiger partial charge in [0.25, 0.3) is 0 Å². The summed E-state index contributed by atoms with van der Waals surface area (Å²) in [6.07, 6.45) is 3.55. The Morgan fingerprint density at radius 2 is 1.74 bits per heavy atom. The second kappa shape index (κ2) is 8.88. The SMILES string of the molecule is COc1cc(CNC(=O)C2CC(=O)N(c3ccc4c(c3)CCC4)C2)cc(OC)c1OC. The van der Waals surface area contributed by atoms with Crippen LogP contribution in [0.4, 0.5) is 5.69 Å². The third kappa shape index (κ3) is 4.17. The minimum absolute atomic E-state index is 0.00844. The standard InChI is InChI=1S/C24H28N2O5/c1-29-20-9-15(10-21(30-2)23(20)31-3)13-25-24(28)18-12-22(27)26(14-18)19-8-7-16-5-4-6-17(16)11-19/h7-11,18H,4-6,12-14H2,1-3H3,(H,25,28). The number of nitrogens with zero attached hydrogens (tertiary/aromatic N) is 1. The Morgan fingerprint density at radius 1 is 1.03 bits per heavy atom. The van der Waals surface area contributed by atoms with Gasteiger partial charge >= 0.3 is 0 Å². The van der Waals surface area contributed by atoms with E-state index in [-0.39, 0.29) is 24.2 Å². The molecule has 2 aromatic rings. The van der Waals surface area contributed by atoms with Crippen LogP contribution in [0.2, 0.25) is 0 Å². The molecule has 7 heteroatoms. The lowest BCUT2D eigenvalue weighted by atomic mass is 10.1. The molecule has 2 amide bonds. The molecule has 1 saturated heterocycles. The van der Waals surface area contributed by atoms with E-state index in [1.165, 1.54) is 17.5 Å². The van der Waals surface area contributed by atoms with Gasteiger partial charge in [0, 0.05) is 25.2 Å². The fourth-order valence-electron chi connectivity index (χ4n) is 4.43. The van der Waals surface area contributed by atoms with Gasteiger partial charge in [-0.2, -0.15) is 0 Å². The van der Waals surface area contributed by atoms with E-state index >= 15 is 0 Å². The van der Waals surface area contributed by atoms with Gasteiger partial charge in [-0.1, -0.05) is 6.07 Å². The summed E-state index contributed by atoms with van der Waals surface area (Å²) >= 11 is 0. The molecule has 1 fully saturated rings. The predicted molar refractivity (Wildman–Crippen MR) is 117 cm³/mol. The molecule has 7 nitrogen and oxygen atoms in total.